The molecule has 0 radical (unpaired) electrons. The van der Waals surface area contributed by atoms with Crippen molar-refractivity contribution in [3.05, 3.63) is 29.8 Å². The molecule has 4 nitrogen and oxygen atoms in total. The number of hydrogen-bond donors (Lipinski definition) is 2. The molecular weight excluding hydrogens is 250 g/mol. The van der Waals surface area contributed by atoms with Crippen LogP contribution in [0, 0.1) is 0 Å². The van der Waals surface area contributed by atoms with E-state index in [0.717, 1.165) is 31.2 Å². The Morgan fingerprint density at radius 3 is 2.55 bits per heavy atom. The minimum absolute atomic E-state index is 0.00540. The molecule has 0 aliphatic rings. The first-order valence-corrected chi connectivity index (χ1v) is 7.14. The highest BCUT2D eigenvalue weighted by Gasteiger charge is 2.11. The molecule has 0 aliphatic carbocycles. The standard InChI is InChI=1S/C16H27N3O/c1-6-17-15(19-16(2,3)4)18-12-11-13-9-7-8-10-14(13)20-5/h7-10H,6,11-12H2,1-5H3,(H2,17,18,19). The number of nitrogens with one attached hydrogen (secondary N) is 2. The highest BCUT2D eigenvalue weighted by atomic mass is 16.5. The van der Waals surface area contributed by atoms with Gasteiger partial charge in [-0.15, -0.1) is 0 Å². The van der Waals surface area contributed by atoms with Crippen LogP contribution in [-0.4, -0.2) is 31.7 Å². The highest BCUT2D eigenvalue weighted by molar-refractivity contribution is 5.80. The van der Waals surface area contributed by atoms with E-state index in [1.165, 1.54) is 5.56 Å². The Morgan fingerprint density at radius 2 is 1.95 bits per heavy atom. The van der Waals surface area contributed by atoms with Gasteiger partial charge in [0.25, 0.3) is 0 Å². The van der Waals surface area contributed by atoms with E-state index in [1.54, 1.807) is 7.11 Å². The topological polar surface area (TPSA) is 45.7 Å². The smallest absolute Gasteiger partial charge is 0.191 e. The number of para-hydroxylation sites is 1. The second-order valence-electron chi connectivity index (χ2n) is 5.70. The number of methoxy groups -OCH3 is 1. The zero-order chi connectivity index (χ0) is 15.0. The van der Waals surface area contributed by atoms with Gasteiger partial charge in [0.15, 0.2) is 5.96 Å². The molecule has 0 bridgehead atoms. The fourth-order valence-electron chi connectivity index (χ4n) is 1.86. The van der Waals surface area contributed by atoms with Gasteiger partial charge >= 0.3 is 0 Å². The van der Waals surface area contributed by atoms with Gasteiger partial charge in [0.05, 0.1) is 7.11 Å². The number of guanidine groups is 1. The summed E-state index contributed by atoms with van der Waals surface area (Å²) in [4.78, 5) is 4.61. The molecule has 0 fully saturated rings. The third kappa shape index (κ3) is 5.95. The average Bonchev–Trinajstić information content (AvgIpc) is 2.37. The molecule has 0 heterocycles. The Hall–Kier alpha value is -1.71. The van der Waals surface area contributed by atoms with Gasteiger partial charge in [-0.05, 0) is 45.7 Å². The Kier molecular flexibility index (Phi) is 6.36. The molecular formula is C16H27N3O. The lowest BCUT2D eigenvalue weighted by atomic mass is 10.1. The van der Waals surface area contributed by atoms with Gasteiger partial charge in [0, 0.05) is 18.6 Å². The van der Waals surface area contributed by atoms with Crippen molar-refractivity contribution < 1.29 is 4.74 Å². The van der Waals surface area contributed by atoms with Crippen LogP contribution < -0.4 is 15.4 Å². The fourth-order valence-corrected chi connectivity index (χ4v) is 1.86. The molecule has 1 rings (SSSR count). The van der Waals surface area contributed by atoms with Crippen molar-refractivity contribution in [2.45, 2.75) is 39.7 Å². The van der Waals surface area contributed by atoms with Crippen molar-refractivity contribution in [2.75, 3.05) is 20.2 Å². The van der Waals surface area contributed by atoms with Crippen LogP contribution in [0.5, 0.6) is 5.75 Å². The van der Waals surface area contributed by atoms with E-state index in [1.807, 2.05) is 18.2 Å². The van der Waals surface area contributed by atoms with Crippen LogP contribution in [0.2, 0.25) is 0 Å². The molecule has 20 heavy (non-hydrogen) atoms. The Labute approximate surface area is 122 Å². The minimum Gasteiger partial charge on any atom is -0.496 e. The number of ether oxygens (including phenoxy) is 1. The third-order valence-corrected chi connectivity index (χ3v) is 2.68. The number of nitrogens with zero attached hydrogens (tertiary/aromatic N) is 1. The summed E-state index contributed by atoms with van der Waals surface area (Å²) in [5.74, 6) is 1.78. The summed E-state index contributed by atoms with van der Waals surface area (Å²) in [5, 5.41) is 6.64. The van der Waals surface area contributed by atoms with E-state index >= 15 is 0 Å². The van der Waals surface area contributed by atoms with Gasteiger partial charge in [0.2, 0.25) is 0 Å². The van der Waals surface area contributed by atoms with Crippen molar-refractivity contribution >= 4 is 5.96 Å². The van der Waals surface area contributed by atoms with Gasteiger partial charge in [-0.3, -0.25) is 4.99 Å². The van der Waals surface area contributed by atoms with Crippen molar-refractivity contribution in [2.24, 2.45) is 4.99 Å². The normalized spacial score (nSPS) is 12.2. The maximum Gasteiger partial charge on any atom is 0.191 e. The minimum atomic E-state index is 0.00540. The zero-order valence-electron chi connectivity index (χ0n) is 13.3. The molecule has 1 aromatic rings. The molecule has 4 heteroatoms. The number of benzene rings is 1. The molecule has 0 aromatic heterocycles. The van der Waals surface area contributed by atoms with Crippen molar-refractivity contribution in [3.8, 4) is 5.75 Å². The van der Waals surface area contributed by atoms with E-state index in [-0.39, 0.29) is 5.54 Å². The Bertz CT molecular complexity index is 436. The maximum atomic E-state index is 5.35. The van der Waals surface area contributed by atoms with E-state index < -0.39 is 0 Å². The first kappa shape index (κ1) is 16.3. The summed E-state index contributed by atoms with van der Waals surface area (Å²) in [6.07, 6.45) is 0.866. The summed E-state index contributed by atoms with van der Waals surface area (Å²) in [6.45, 7) is 10.0. The van der Waals surface area contributed by atoms with Gasteiger partial charge in [-0.2, -0.15) is 0 Å². The van der Waals surface area contributed by atoms with Crippen LogP contribution in [0.4, 0.5) is 0 Å². The molecule has 0 saturated carbocycles. The second kappa shape index (κ2) is 7.78. The molecule has 0 unspecified atom stereocenters. The predicted molar refractivity (Wildman–Crippen MR) is 85.6 cm³/mol. The average molecular weight is 277 g/mol. The lowest BCUT2D eigenvalue weighted by molar-refractivity contribution is 0.409. The quantitative estimate of drug-likeness (QED) is 0.642. The Balaban J connectivity index is 2.64. The second-order valence-corrected chi connectivity index (χ2v) is 5.70. The largest absolute Gasteiger partial charge is 0.496 e. The van der Waals surface area contributed by atoms with E-state index in [0.29, 0.717) is 0 Å². The molecule has 2 N–H and O–H groups in total. The van der Waals surface area contributed by atoms with Crippen LogP contribution in [0.3, 0.4) is 0 Å². The Morgan fingerprint density at radius 1 is 1.25 bits per heavy atom. The maximum absolute atomic E-state index is 5.35. The van der Waals surface area contributed by atoms with Crippen LogP contribution in [0.25, 0.3) is 0 Å². The van der Waals surface area contributed by atoms with Crippen LogP contribution in [-0.2, 0) is 6.42 Å². The van der Waals surface area contributed by atoms with Crippen LogP contribution in [0.1, 0.15) is 33.3 Å². The number of hydrogen-bond acceptors (Lipinski definition) is 2. The summed E-state index contributed by atoms with van der Waals surface area (Å²) >= 11 is 0. The predicted octanol–water partition coefficient (Wildman–Crippen LogP) is 2.59. The van der Waals surface area contributed by atoms with Crippen LogP contribution in [0.15, 0.2) is 29.3 Å². The third-order valence-electron chi connectivity index (χ3n) is 2.68. The summed E-state index contributed by atoms with van der Waals surface area (Å²) in [6, 6.07) is 8.08. The molecule has 1 aromatic carbocycles. The fraction of sp³-hybridized carbons (Fsp3) is 0.562. The van der Waals surface area contributed by atoms with Crippen molar-refractivity contribution in [3.63, 3.8) is 0 Å². The first-order valence-electron chi connectivity index (χ1n) is 7.14. The first-order chi connectivity index (χ1) is 9.46. The molecule has 0 amide bonds. The van der Waals surface area contributed by atoms with E-state index in [2.05, 4.69) is 49.4 Å². The van der Waals surface area contributed by atoms with Gasteiger partial charge in [0.1, 0.15) is 5.75 Å². The van der Waals surface area contributed by atoms with Crippen LogP contribution >= 0.6 is 0 Å². The monoisotopic (exact) mass is 277 g/mol. The van der Waals surface area contributed by atoms with Gasteiger partial charge in [-0.25, -0.2) is 0 Å². The zero-order valence-corrected chi connectivity index (χ0v) is 13.3. The number of aliphatic imine (C=N–C) groups is 1. The lowest BCUT2D eigenvalue weighted by Gasteiger charge is -2.23. The summed E-state index contributed by atoms with van der Waals surface area (Å²) < 4.78 is 5.35. The molecule has 0 atom stereocenters. The molecule has 112 valence electrons. The highest BCUT2D eigenvalue weighted by Crippen LogP contribution is 2.17. The van der Waals surface area contributed by atoms with Gasteiger partial charge < -0.3 is 15.4 Å². The van der Waals surface area contributed by atoms with E-state index in [4.69, 9.17) is 4.74 Å². The summed E-state index contributed by atoms with van der Waals surface area (Å²) in [7, 11) is 1.70. The van der Waals surface area contributed by atoms with Gasteiger partial charge in [-0.1, -0.05) is 18.2 Å². The molecule has 0 saturated heterocycles. The molecule has 0 spiro atoms. The van der Waals surface area contributed by atoms with Crippen molar-refractivity contribution in [1.82, 2.24) is 10.6 Å². The van der Waals surface area contributed by atoms with Crippen molar-refractivity contribution in [1.29, 1.82) is 0 Å². The van der Waals surface area contributed by atoms with E-state index in [9.17, 15) is 0 Å². The molecule has 0 aliphatic heterocycles. The lowest BCUT2D eigenvalue weighted by Crippen LogP contribution is -2.47. The SMILES string of the molecule is CCNC(=NCCc1ccccc1OC)NC(C)(C)C. The summed E-state index contributed by atoms with van der Waals surface area (Å²) in [5.41, 5.74) is 1.19. The number of rotatable bonds is 5.